The van der Waals surface area contributed by atoms with Crippen LogP contribution in [0.2, 0.25) is 0 Å². The second-order valence-corrected chi connectivity index (χ2v) is 13.9. The average Bonchev–Trinajstić information content (AvgIpc) is 3.28. The van der Waals surface area contributed by atoms with E-state index in [1.165, 1.54) is 0 Å². The van der Waals surface area contributed by atoms with Gasteiger partial charge >= 0.3 is 17.9 Å². The van der Waals surface area contributed by atoms with Crippen molar-refractivity contribution in [3.63, 3.8) is 0 Å². The Morgan fingerprint density at radius 1 is 0.317 bits per heavy atom. The summed E-state index contributed by atoms with van der Waals surface area (Å²) in [6.45, 7) is 5.97. The normalized spacial score (nSPS) is 14.0. The lowest BCUT2D eigenvalue weighted by Gasteiger charge is -2.18. The fraction of sp³-hybridized carbons (Fsp3) is 0.351. The molecule has 0 saturated carbocycles. The van der Waals surface area contributed by atoms with Gasteiger partial charge in [0.15, 0.2) is 6.10 Å². The average molecular weight is 857 g/mol. The molecule has 0 heterocycles. The zero-order chi connectivity index (χ0) is 45.8. The lowest BCUT2D eigenvalue weighted by molar-refractivity contribution is -0.167. The van der Waals surface area contributed by atoms with Gasteiger partial charge < -0.3 is 14.2 Å². The molecular weight excluding hydrogens is 781 g/mol. The van der Waals surface area contributed by atoms with Gasteiger partial charge in [-0.2, -0.15) is 0 Å². The van der Waals surface area contributed by atoms with Crippen molar-refractivity contribution in [2.45, 2.75) is 117 Å². The van der Waals surface area contributed by atoms with Crippen LogP contribution in [0, 0.1) is 0 Å². The standard InChI is InChI=1S/C57H76O6/c1-4-7-10-13-16-19-22-25-26-27-28-29-30-33-35-38-41-44-47-50-56(59)62-53-54(63-57(60)51-48-45-42-39-36-32-24-21-18-15-12-9-6-3)52-61-55(58)49-46-43-40-37-34-31-23-20-17-14-11-8-5-2/h7-37,39-40,42,54H,4-6,38,41,43-53H2,1-3H3/b10-7-,11-8-,12-9-,16-13-,17-14-,18-15-,22-19-,23-20-,24-21-,26-25-,28-27+,30-29-,34-31-,35-33-,36-32-,40-37-,42-39-. The van der Waals surface area contributed by atoms with Gasteiger partial charge in [0, 0.05) is 19.3 Å². The molecule has 0 aromatic heterocycles. The van der Waals surface area contributed by atoms with Gasteiger partial charge in [-0.3, -0.25) is 14.4 Å². The molecule has 0 aromatic rings. The number of rotatable bonds is 36. The van der Waals surface area contributed by atoms with Crippen molar-refractivity contribution in [1.82, 2.24) is 0 Å². The number of unbranched alkanes of at least 4 members (excludes halogenated alkanes) is 5. The van der Waals surface area contributed by atoms with E-state index in [9.17, 15) is 14.4 Å². The first-order valence-electron chi connectivity index (χ1n) is 22.8. The van der Waals surface area contributed by atoms with E-state index in [0.717, 1.165) is 38.5 Å². The van der Waals surface area contributed by atoms with Gasteiger partial charge in [-0.05, 0) is 64.2 Å². The third-order valence-corrected chi connectivity index (χ3v) is 8.21. The minimum absolute atomic E-state index is 0.167. The lowest BCUT2D eigenvalue weighted by Crippen LogP contribution is -2.30. The molecule has 0 aliphatic rings. The van der Waals surface area contributed by atoms with Crippen molar-refractivity contribution in [1.29, 1.82) is 0 Å². The summed E-state index contributed by atoms with van der Waals surface area (Å²) in [5.41, 5.74) is 0. The van der Waals surface area contributed by atoms with Crippen molar-refractivity contribution < 1.29 is 28.6 Å². The van der Waals surface area contributed by atoms with Crippen LogP contribution < -0.4 is 0 Å². The largest absolute Gasteiger partial charge is 0.462 e. The molecule has 0 bridgehead atoms. The Balaban J connectivity index is 4.75. The minimum Gasteiger partial charge on any atom is -0.462 e. The fourth-order valence-corrected chi connectivity index (χ4v) is 4.89. The molecule has 0 aliphatic heterocycles. The molecule has 1 atom stereocenters. The molecule has 6 nitrogen and oxygen atoms in total. The highest BCUT2D eigenvalue weighted by Gasteiger charge is 2.19. The van der Waals surface area contributed by atoms with Crippen molar-refractivity contribution in [3.8, 4) is 0 Å². The molecule has 0 aromatic carbocycles. The van der Waals surface area contributed by atoms with Crippen LogP contribution in [-0.4, -0.2) is 37.2 Å². The number of allylic oxidation sites excluding steroid dienone is 34. The van der Waals surface area contributed by atoms with Crippen LogP contribution >= 0.6 is 0 Å². The summed E-state index contributed by atoms with van der Waals surface area (Å²) in [7, 11) is 0. The molecule has 340 valence electrons. The van der Waals surface area contributed by atoms with Crippen LogP contribution in [0.1, 0.15) is 111 Å². The first kappa shape index (κ1) is 57.0. The molecule has 0 fully saturated rings. The Hall–Kier alpha value is -6.01. The van der Waals surface area contributed by atoms with E-state index in [-0.39, 0.29) is 38.4 Å². The van der Waals surface area contributed by atoms with E-state index < -0.39 is 18.0 Å². The van der Waals surface area contributed by atoms with Gasteiger partial charge in [0.2, 0.25) is 0 Å². The zero-order valence-corrected chi connectivity index (χ0v) is 38.5. The summed E-state index contributed by atoms with van der Waals surface area (Å²) >= 11 is 0. The van der Waals surface area contributed by atoms with E-state index in [1.807, 2.05) is 182 Å². The van der Waals surface area contributed by atoms with Crippen LogP contribution in [0.5, 0.6) is 0 Å². The van der Waals surface area contributed by atoms with Crippen molar-refractivity contribution >= 4 is 17.9 Å². The van der Waals surface area contributed by atoms with Gasteiger partial charge in [-0.1, -0.05) is 234 Å². The maximum absolute atomic E-state index is 12.7. The highest BCUT2D eigenvalue weighted by Crippen LogP contribution is 2.09. The number of esters is 3. The summed E-state index contributed by atoms with van der Waals surface area (Å²) in [5.74, 6) is -1.19. The molecule has 0 radical (unpaired) electrons. The number of hydrogen-bond donors (Lipinski definition) is 0. The van der Waals surface area contributed by atoms with Crippen molar-refractivity contribution in [2.75, 3.05) is 13.2 Å². The van der Waals surface area contributed by atoms with Gasteiger partial charge in [0.05, 0.1) is 0 Å². The van der Waals surface area contributed by atoms with Crippen LogP contribution in [0.25, 0.3) is 0 Å². The third-order valence-electron chi connectivity index (χ3n) is 8.21. The predicted octanol–water partition coefficient (Wildman–Crippen LogP) is 15.0. The van der Waals surface area contributed by atoms with Crippen LogP contribution in [0.4, 0.5) is 0 Å². The topological polar surface area (TPSA) is 78.9 Å². The van der Waals surface area contributed by atoms with Gasteiger partial charge in [0.1, 0.15) is 13.2 Å². The molecule has 6 heteroatoms. The smallest absolute Gasteiger partial charge is 0.306 e. The quantitative estimate of drug-likeness (QED) is 0.0270. The van der Waals surface area contributed by atoms with Crippen LogP contribution in [0.15, 0.2) is 207 Å². The molecule has 0 saturated heterocycles. The zero-order valence-electron chi connectivity index (χ0n) is 38.5. The van der Waals surface area contributed by atoms with E-state index in [1.54, 1.807) is 0 Å². The van der Waals surface area contributed by atoms with E-state index in [4.69, 9.17) is 14.2 Å². The first-order chi connectivity index (χ1) is 31.0. The van der Waals surface area contributed by atoms with Crippen molar-refractivity contribution in [3.05, 3.63) is 207 Å². The Labute approximate surface area is 381 Å². The van der Waals surface area contributed by atoms with Gasteiger partial charge in [-0.25, -0.2) is 0 Å². The second kappa shape index (κ2) is 48.7. The van der Waals surface area contributed by atoms with Crippen LogP contribution in [-0.2, 0) is 28.6 Å². The monoisotopic (exact) mass is 857 g/mol. The van der Waals surface area contributed by atoms with Gasteiger partial charge in [0.25, 0.3) is 0 Å². The fourth-order valence-electron chi connectivity index (χ4n) is 4.89. The van der Waals surface area contributed by atoms with Crippen LogP contribution in [0.3, 0.4) is 0 Å². The maximum atomic E-state index is 12.7. The summed E-state index contributed by atoms with van der Waals surface area (Å²) in [6, 6.07) is 0. The number of carbonyl (C=O) groups excluding carboxylic acids is 3. The predicted molar refractivity (Wildman–Crippen MR) is 269 cm³/mol. The molecule has 1 unspecified atom stereocenters. The first-order valence-corrected chi connectivity index (χ1v) is 22.8. The van der Waals surface area contributed by atoms with E-state index >= 15 is 0 Å². The van der Waals surface area contributed by atoms with E-state index in [0.29, 0.717) is 32.1 Å². The molecule has 0 amide bonds. The summed E-state index contributed by atoms with van der Waals surface area (Å²) in [6.07, 6.45) is 76.8. The van der Waals surface area contributed by atoms with E-state index in [2.05, 4.69) is 45.1 Å². The number of ether oxygens (including phenoxy) is 3. The molecule has 0 aliphatic carbocycles. The minimum atomic E-state index is -0.876. The molecule has 0 N–H and O–H groups in total. The maximum Gasteiger partial charge on any atom is 0.306 e. The Bertz CT molecular complexity index is 1690. The second-order valence-electron chi connectivity index (χ2n) is 13.9. The number of hydrogen-bond acceptors (Lipinski definition) is 6. The number of carbonyl (C=O) groups is 3. The molecule has 0 rings (SSSR count). The SMILES string of the molecule is CC\C=C/C=C\C=C/C=C\C=C/CCCC(=O)OCC(COC(=O)CCCCC\C=C/C=C\C=C\C=C/C=C\C=C/C=C\CC)OC(=O)CCC\C=C/C=C\C=C/C=C\C=C/CC. The highest BCUT2D eigenvalue weighted by molar-refractivity contribution is 5.71. The van der Waals surface area contributed by atoms with Crippen molar-refractivity contribution in [2.24, 2.45) is 0 Å². The summed E-state index contributed by atoms with van der Waals surface area (Å²) in [5, 5.41) is 0. The third kappa shape index (κ3) is 46.9. The Kier molecular flexibility index (Phi) is 44.0. The van der Waals surface area contributed by atoms with Gasteiger partial charge in [-0.15, -0.1) is 0 Å². The lowest BCUT2D eigenvalue weighted by atomic mass is 10.1. The Morgan fingerprint density at radius 2 is 0.587 bits per heavy atom. The molecular formula is C57H76O6. The summed E-state index contributed by atoms with van der Waals surface area (Å²) in [4.78, 5) is 37.8. The molecule has 0 spiro atoms. The highest BCUT2D eigenvalue weighted by atomic mass is 16.6. The Morgan fingerprint density at radius 3 is 0.921 bits per heavy atom. The summed E-state index contributed by atoms with van der Waals surface area (Å²) < 4.78 is 16.5. The molecule has 63 heavy (non-hydrogen) atoms.